The Kier molecular flexibility index (Phi) is 5.09. The molecule has 0 aliphatic carbocycles. The van der Waals surface area contributed by atoms with Gasteiger partial charge in [-0.1, -0.05) is 26.0 Å². The van der Waals surface area contributed by atoms with E-state index in [0.717, 1.165) is 5.56 Å². The fourth-order valence-corrected chi connectivity index (χ4v) is 4.32. The first-order valence-electron chi connectivity index (χ1n) is 7.58. The van der Waals surface area contributed by atoms with Crippen LogP contribution in [0.4, 0.5) is 5.69 Å². The first-order chi connectivity index (χ1) is 10.7. The van der Waals surface area contributed by atoms with Gasteiger partial charge in [-0.3, -0.25) is 9.59 Å². The standard InChI is InChI=1S/C16H22N2O4S/c1-11(2)12-4-6-13(7-5-12)17-15(19)16(20)18(3)14-8-9-23(21,22)10-14/h4-7,11,14H,8-10H2,1-3H3,(H,17,19). The summed E-state index contributed by atoms with van der Waals surface area (Å²) in [4.78, 5) is 25.4. The van der Waals surface area contributed by atoms with Gasteiger partial charge in [0.2, 0.25) is 0 Å². The van der Waals surface area contributed by atoms with Gasteiger partial charge in [0.15, 0.2) is 9.84 Å². The van der Waals surface area contributed by atoms with Crippen molar-refractivity contribution in [3.05, 3.63) is 29.8 Å². The van der Waals surface area contributed by atoms with Crippen LogP contribution in [0.5, 0.6) is 0 Å². The summed E-state index contributed by atoms with van der Waals surface area (Å²) in [6.07, 6.45) is 0.376. The molecule has 1 unspecified atom stereocenters. The van der Waals surface area contributed by atoms with Gasteiger partial charge in [-0.15, -0.1) is 0 Å². The molecule has 1 aromatic rings. The molecule has 6 nitrogen and oxygen atoms in total. The number of nitrogens with one attached hydrogen (secondary N) is 1. The number of rotatable bonds is 3. The van der Waals surface area contributed by atoms with Gasteiger partial charge >= 0.3 is 11.8 Å². The minimum absolute atomic E-state index is 0.0631. The zero-order valence-corrected chi connectivity index (χ0v) is 14.4. The Balaban J connectivity index is 1.98. The maximum absolute atomic E-state index is 12.1. The normalized spacial score (nSPS) is 19.6. The number of hydrogen-bond donors (Lipinski definition) is 1. The van der Waals surface area contributed by atoms with E-state index in [0.29, 0.717) is 18.0 Å². The van der Waals surface area contributed by atoms with Crippen LogP contribution in [0.1, 0.15) is 31.7 Å². The fraction of sp³-hybridized carbons (Fsp3) is 0.500. The highest BCUT2D eigenvalue weighted by Crippen LogP contribution is 2.18. The summed E-state index contributed by atoms with van der Waals surface area (Å²) in [7, 11) is -1.63. The third-order valence-corrected chi connectivity index (χ3v) is 5.86. The van der Waals surface area contributed by atoms with E-state index >= 15 is 0 Å². The van der Waals surface area contributed by atoms with Crippen LogP contribution >= 0.6 is 0 Å². The molecule has 7 heteroatoms. The molecule has 0 bridgehead atoms. The highest BCUT2D eigenvalue weighted by Gasteiger charge is 2.34. The molecule has 1 aliphatic rings. The lowest BCUT2D eigenvalue weighted by Crippen LogP contribution is -2.43. The molecule has 0 saturated carbocycles. The molecular formula is C16H22N2O4S. The number of amides is 2. The molecule has 1 aromatic carbocycles. The number of likely N-dealkylation sites (N-methyl/N-ethyl adjacent to an activating group) is 1. The summed E-state index contributed by atoms with van der Waals surface area (Å²) in [5.74, 6) is -1.11. The van der Waals surface area contributed by atoms with Gasteiger partial charge < -0.3 is 10.2 Å². The number of anilines is 1. The van der Waals surface area contributed by atoms with E-state index in [9.17, 15) is 18.0 Å². The second-order valence-electron chi connectivity index (χ2n) is 6.20. The van der Waals surface area contributed by atoms with Crippen molar-refractivity contribution in [1.29, 1.82) is 0 Å². The molecule has 0 spiro atoms. The minimum Gasteiger partial charge on any atom is -0.333 e. The first-order valence-corrected chi connectivity index (χ1v) is 9.40. The van der Waals surface area contributed by atoms with E-state index in [-0.39, 0.29) is 11.5 Å². The molecule has 1 N–H and O–H groups in total. The monoisotopic (exact) mass is 338 g/mol. The summed E-state index contributed by atoms with van der Waals surface area (Å²) < 4.78 is 23.0. The van der Waals surface area contributed by atoms with Gasteiger partial charge in [-0.05, 0) is 30.0 Å². The SMILES string of the molecule is CC(C)c1ccc(NC(=O)C(=O)N(C)C2CCS(=O)(=O)C2)cc1. The lowest BCUT2D eigenvalue weighted by atomic mass is 10.0. The topological polar surface area (TPSA) is 83.6 Å². The Morgan fingerprint density at radius 3 is 2.30 bits per heavy atom. The van der Waals surface area contributed by atoms with Gasteiger partial charge in [0.05, 0.1) is 11.5 Å². The third-order valence-electron chi connectivity index (χ3n) is 4.11. The van der Waals surface area contributed by atoms with Crippen LogP contribution in [0, 0.1) is 0 Å². The van der Waals surface area contributed by atoms with Crippen LogP contribution in [0.15, 0.2) is 24.3 Å². The van der Waals surface area contributed by atoms with Crippen LogP contribution in [-0.2, 0) is 19.4 Å². The third kappa shape index (κ3) is 4.31. The summed E-state index contributed by atoms with van der Waals surface area (Å²) >= 11 is 0. The van der Waals surface area contributed by atoms with Crippen molar-refractivity contribution >= 4 is 27.3 Å². The van der Waals surface area contributed by atoms with Gasteiger partial charge in [0.1, 0.15) is 0 Å². The zero-order valence-electron chi connectivity index (χ0n) is 13.6. The van der Waals surface area contributed by atoms with Crippen molar-refractivity contribution in [2.75, 3.05) is 23.9 Å². The van der Waals surface area contributed by atoms with Crippen LogP contribution in [0.3, 0.4) is 0 Å². The number of sulfone groups is 1. The van der Waals surface area contributed by atoms with E-state index in [1.165, 1.54) is 11.9 Å². The Hall–Kier alpha value is -1.89. The van der Waals surface area contributed by atoms with Crippen molar-refractivity contribution in [3.63, 3.8) is 0 Å². The summed E-state index contributed by atoms with van der Waals surface area (Å²) in [5.41, 5.74) is 1.68. The zero-order chi connectivity index (χ0) is 17.2. The van der Waals surface area contributed by atoms with Crippen molar-refractivity contribution in [3.8, 4) is 0 Å². The Morgan fingerprint density at radius 2 is 1.83 bits per heavy atom. The molecular weight excluding hydrogens is 316 g/mol. The average molecular weight is 338 g/mol. The molecule has 0 aromatic heterocycles. The van der Waals surface area contributed by atoms with Crippen molar-refractivity contribution in [2.45, 2.75) is 32.2 Å². The second-order valence-corrected chi connectivity index (χ2v) is 8.43. The Morgan fingerprint density at radius 1 is 1.22 bits per heavy atom. The molecule has 126 valence electrons. The van der Waals surface area contributed by atoms with E-state index in [1.54, 1.807) is 12.1 Å². The van der Waals surface area contributed by atoms with Crippen LogP contribution < -0.4 is 5.32 Å². The van der Waals surface area contributed by atoms with Crippen molar-refractivity contribution < 1.29 is 18.0 Å². The molecule has 1 aliphatic heterocycles. The number of carbonyl (C=O) groups is 2. The summed E-state index contributed by atoms with van der Waals surface area (Å²) in [6, 6.07) is 6.87. The van der Waals surface area contributed by atoms with Gasteiger partial charge in [-0.2, -0.15) is 0 Å². The van der Waals surface area contributed by atoms with Gasteiger partial charge in [0.25, 0.3) is 0 Å². The second kappa shape index (κ2) is 6.70. The molecule has 1 atom stereocenters. The van der Waals surface area contributed by atoms with Crippen LogP contribution in [0.2, 0.25) is 0 Å². The first kappa shape index (κ1) is 17.5. The number of hydrogen-bond acceptors (Lipinski definition) is 4. The predicted octanol–water partition coefficient (Wildman–Crippen LogP) is 1.39. The number of carbonyl (C=O) groups excluding carboxylic acids is 2. The van der Waals surface area contributed by atoms with E-state index in [1.807, 2.05) is 12.1 Å². The Labute approximate surface area is 136 Å². The van der Waals surface area contributed by atoms with Gasteiger partial charge in [0, 0.05) is 18.8 Å². The molecule has 1 fully saturated rings. The number of benzene rings is 1. The molecule has 2 amide bonds. The fourth-order valence-electron chi connectivity index (χ4n) is 2.54. The van der Waals surface area contributed by atoms with E-state index in [4.69, 9.17) is 0 Å². The average Bonchev–Trinajstić information content (AvgIpc) is 2.86. The quantitative estimate of drug-likeness (QED) is 0.844. The highest BCUT2D eigenvalue weighted by atomic mass is 32.2. The highest BCUT2D eigenvalue weighted by molar-refractivity contribution is 7.91. The summed E-state index contributed by atoms with van der Waals surface area (Å²) in [5, 5.41) is 2.55. The Bertz CT molecular complexity index is 695. The predicted molar refractivity (Wildman–Crippen MR) is 89.0 cm³/mol. The van der Waals surface area contributed by atoms with Gasteiger partial charge in [-0.25, -0.2) is 8.42 Å². The lowest BCUT2D eigenvalue weighted by molar-refractivity contribution is -0.143. The lowest BCUT2D eigenvalue weighted by Gasteiger charge is -2.22. The van der Waals surface area contributed by atoms with E-state index < -0.39 is 27.7 Å². The molecule has 1 saturated heterocycles. The largest absolute Gasteiger partial charge is 0.333 e. The summed E-state index contributed by atoms with van der Waals surface area (Å²) in [6.45, 7) is 4.14. The minimum atomic E-state index is -3.10. The van der Waals surface area contributed by atoms with E-state index in [2.05, 4.69) is 19.2 Å². The maximum atomic E-state index is 12.1. The van der Waals surface area contributed by atoms with Crippen LogP contribution in [-0.4, -0.2) is 49.7 Å². The molecule has 1 heterocycles. The van der Waals surface area contributed by atoms with Crippen molar-refractivity contribution in [2.24, 2.45) is 0 Å². The molecule has 23 heavy (non-hydrogen) atoms. The smallest absolute Gasteiger partial charge is 0.313 e. The molecule has 0 radical (unpaired) electrons. The molecule has 2 rings (SSSR count). The van der Waals surface area contributed by atoms with Crippen LogP contribution in [0.25, 0.3) is 0 Å². The number of nitrogens with zero attached hydrogens (tertiary/aromatic N) is 1. The maximum Gasteiger partial charge on any atom is 0.313 e. The van der Waals surface area contributed by atoms with Crippen molar-refractivity contribution in [1.82, 2.24) is 4.90 Å².